The highest BCUT2D eigenvalue weighted by molar-refractivity contribution is 5.72. The predicted octanol–water partition coefficient (Wildman–Crippen LogP) is 3.47. The molecule has 1 amide bonds. The van der Waals surface area contributed by atoms with Gasteiger partial charge in [0.1, 0.15) is 17.2 Å². The molecule has 0 aliphatic carbocycles. The normalized spacial score (nSPS) is 14.5. The van der Waals surface area contributed by atoms with Crippen molar-refractivity contribution in [2.24, 2.45) is 0 Å². The third-order valence-corrected chi connectivity index (χ3v) is 2.94. The van der Waals surface area contributed by atoms with Crippen LogP contribution in [0.5, 0.6) is 5.75 Å². The van der Waals surface area contributed by atoms with E-state index in [2.05, 4.69) is 0 Å². The standard InChI is InChI=1S/C16H20FNO3/c1-16(2,3)21-15(19)18-9-12(10-18)5-11-6-13(17)8-14(7-11)20-4/h5-8H,9-10H2,1-4H3. The zero-order chi connectivity index (χ0) is 15.6. The van der Waals surface area contributed by atoms with Gasteiger partial charge in [-0.15, -0.1) is 0 Å². The van der Waals surface area contributed by atoms with Gasteiger partial charge in [0, 0.05) is 19.2 Å². The Labute approximate surface area is 124 Å². The molecule has 1 aliphatic rings. The van der Waals surface area contributed by atoms with Gasteiger partial charge in [0.25, 0.3) is 0 Å². The highest BCUT2D eigenvalue weighted by Gasteiger charge is 2.29. The van der Waals surface area contributed by atoms with Crippen molar-refractivity contribution in [2.45, 2.75) is 26.4 Å². The average molecular weight is 293 g/mol. The minimum absolute atomic E-state index is 0.323. The molecule has 0 unspecified atom stereocenters. The average Bonchev–Trinajstić information content (AvgIpc) is 2.30. The molecule has 5 heteroatoms. The summed E-state index contributed by atoms with van der Waals surface area (Å²) < 4.78 is 23.7. The first-order valence-corrected chi connectivity index (χ1v) is 6.79. The molecule has 0 spiro atoms. The van der Waals surface area contributed by atoms with Crippen molar-refractivity contribution >= 4 is 12.2 Å². The Morgan fingerprint density at radius 3 is 2.52 bits per heavy atom. The lowest BCUT2D eigenvalue weighted by Gasteiger charge is -2.35. The third-order valence-electron chi connectivity index (χ3n) is 2.94. The smallest absolute Gasteiger partial charge is 0.410 e. The summed E-state index contributed by atoms with van der Waals surface area (Å²) in [4.78, 5) is 13.4. The maximum Gasteiger partial charge on any atom is 0.410 e. The van der Waals surface area contributed by atoms with Crippen molar-refractivity contribution in [3.8, 4) is 5.75 Å². The maximum absolute atomic E-state index is 13.4. The molecule has 0 saturated carbocycles. The first-order valence-electron chi connectivity index (χ1n) is 6.79. The molecule has 1 aromatic rings. The maximum atomic E-state index is 13.4. The number of ether oxygens (including phenoxy) is 2. The molecular formula is C16H20FNO3. The van der Waals surface area contributed by atoms with Gasteiger partial charge in [-0.05, 0) is 44.0 Å². The Morgan fingerprint density at radius 1 is 1.29 bits per heavy atom. The van der Waals surface area contributed by atoms with E-state index in [-0.39, 0.29) is 11.9 Å². The fraction of sp³-hybridized carbons (Fsp3) is 0.438. The first-order chi connectivity index (χ1) is 9.76. The summed E-state index contributed by atoms with van der Waals surface area (Å²) in [5.74, 6) is 0.134. The Morgan fingerprint density at radius 2 is 1.95 bits per heavy atom. The molecule has 1 heterocycles. The number of hydrogen-bond donors (Lipinski definition) is 0. The van der Waals surface area contributed by atoms with E-state index in [0.29, 0.717) is 18.8 Å². The monoisotopic (exact) mass is 293 g/mol. The van der Waals surface area contributed by atoms with E-state index in [1.165, 1.54) is 19.2 Å². The van der Waals surface area contributed by atoms with Crippen LogP contribution in [0.2, 0.25) is 0 Å². The summed E-state index contributed by atoms with van der Waals surface area (Å²) in [6.07, 6.45) is 1.54. The van der Waals surface area contributed by atoms with Crippen LogP contribution in [0.4, 0.5) is 9.18 Å². The van der Waals surface area contributed by atoms with Gasteiger partial charge in [-0.1, -0.05) is 6.08 Å². The lowest BCUT2D eigenvalue weighted by molar-refractivity contribution is 0.0216. The molecule has 1 fully saturated rings. The number of nitrogens with zero attached hydrogens (tertiary/aromatic N) is 1. The lowest BCUT2D eigenvalue weighted by atomic mass is 10.0. The van der Waals surface area contributed by atoms with Gasteiger partial charge in [0.05, 0.1) is 7.11 Å². The van der Waals surface area contributed by atoms with E-state index in [4.69, 9.17) is 9.47 Å². The van der Waals surface area contributed by atoms with E-state index in [1.54, 1.807) is 11.0 Å². The molecule has 1 aliphatic heterocycles. The molecule has 0 N–H and O–H groups in total. The lowest BCUT2D eigenvalue weighted by Crippen LogP contribution is -2.46. The topological polar surface area (TPSA) is 38.8 Å². The number of hydrogen-bond acceptors (Lipinski definition) is 3. The van der Waals surface area contributed by atoms with Crippen molar-refractivity contribution < 1.29 is 18.7 Å². The summed E-state index contributed by atoms with van der Waals surface area (Å²) in [7, 11) is 1.50. The predicted molar refractivity (Wildman–Crippen MR) is 78.7 cm³/mol. The van der Waals surface area contributed by atoms with Gasteiger partial charge in [-0.2, -0.15) is 0 Å². The second-order valence-corrected chi connectivity index (χ2v) is 6.06. The number of rotatable bonds is 2. The summed E-state index contributed by atoms with van der Waals surface area (Å²) in [6, 6.07) is 4.52. The van der Waals surface area contributed by atoms with Crippen LogP contribution in [0.3, 0.4) is 0 Å². The largest absolute Gasteiger partial charge is 0.497 e. The van der Waals surface area contributed by atoms with Crippen LogP contribution in [0.15, 0.2) is 23.8 Å². The first kappa shape index (κ1) is 15.4. The van der Waals surface area contributed by atoms with Crippen LogP contribution in [0.1, 0.15) is 26.3 Å². The van der Waals surface area contributed by atoms with E-state index >= 15 is 0 Å². The molecule has 1 saturated heterocycles. The third kappa shape index (κ3) is 4.21. The quantitative estimate of drug-likeness (QED) is 0.838. The van der Waals surface area contributed by atoms with Crippen LogP contribution >= 0.6 is 0 Å². The SMILES string of the molecule is COc1cc(F)cc(C=C2CN(C(=O)OC(C)(C)C)C2)c1. The summed E-state index contributed by atoms with van der Waals surface area (Å²) in [5, 5.41) is 0. The van der Waals surface area contributed by atoms with Gasteiger partial charge >= 0.3 is 6.09 Å². The van der Waals surface area contributed by atoms with Crippen molar-refractivity contribution in [2.75, 3.05) is 20.2 Å². The molecule has 4 nitrogen and oxygen atoms in total. The molecule has 0 bridgehead atoms. The van der Waals surface area contributed by atoms with Crippen molar-refractivity contribution in [3.63, 3.8) is 0 Å². The van der Waals surface area contributed by atoms with E-state index < -0.39 is 5.60 Å². The Bertz CT molecular complexity index is 567. The molecule has 0 radical (unpaired) electrons. The highest BCUT2D eigenvalue weighted by Crippen LogP contribution is 2.23. The Balaban J connectivity index is 1.98. The van der Waals surface area contributed by atoms with Gasteiger partial charge in [0.2, 0.25) is 0 Å². The van der Waals surface area contributed by atoms with Gasteiger partial charge in [0.15, 0.2) is 0 Å². The van der Waals surface area contributed by atoms with Crippen molar-refractivity contribution in [1.29, 1.82) is 0 Å². The molecule has 0 atom stereocenters. The van der Waals surface area contributed by atoms with Gasteiger partial charge < -0.3 is 14.4 Å². The number of carbonyl (C=O) groups is 1. The molecule has 21 heavy (non-hydrogen) atoms. The Kier molecular flexibility index (Phi) is 4.21. The molecule has 1 aromatic carbocycles. The summed E-state index contributed by atoms with van der Waals surface area (Å²) >= 11 is 0. The second kappa shape index (κ2) is 5.76. The molecule has 114 valence electrons. The van der Waals surface area contributed by atoms with Crippen LogP contribution in [0, 0.1) is 5.82 Å². The fourth-order valence-electron chi connectivity index (χ4n) is 2.01. The van der Waals surface area contributed by atoms with Gasteiger partial charge in [-0.3, -0.25) is 0 Å². The van der Waals surface area contributed by atoms with E-state index in [1.807, 2.05) is 26.8 Å². The minimum Gasteiger partial charge on any atom is -0.497 e. The van der Waals surface area contributed by atoms with Crippen LogP contribution in [0.25, 0.3) is 6.08 Å². The van der Waals surface area contributed by atoms with Crippen LogP contribution in [-0.2, 0) is 4.74 Å². The Hall–Kier alpha value is -2.04. The number of carbonyl (C=O) groups excluding carboxylic acids is 1. The zero-order valence-corrected chi connectivity index (χ0v) is 12.8. The minimum atomic E-state index is -0.494. The summed E-state index contributed by atoms with van der Waals surface area (Å²) in [5.41, 5.74) is 1.28. The van der Waals surface area contributed by atoms with Crippen molar-refractivity contribution in [1.82, 2.24) is 4.90 Å². The second-order valence-electron chi connectivity index (χ2n) is 6.06. The fourth-order valence-corrected chi connectivity index (χ4v) is 2.01. The van der Waals surface area contributed by atoms with Crippen molar-refractivity contribution in [3.05, 3.63) is 35.2 Å². The number of likely N-dealkylation sites (tertiary alicyclic amines) is 1. The number of amides is 1. The van der Waals surface area contributed by atoms with Gasteiger partial charge in [-0.25, -0.2) is 9.18 Å². The molecular weight excluding hydrogens is 273 g/mol. The number of benzene rings is 1. The van der Waals surface area contributed by atoms with Crippen LogP contribution < -0.4 is 4.74 Å². The highest BCUT2D eigenvalue weighted by atomic mass is 19.1. The van der Waals surface area contributed by atoms with E-state index in [0.717, 1.165) is 11.1 Å². The summed E-state index contributed by atoms with van der Waals surface area (Å²) in [6.45, 7) is 6.52. The van der Waals surface area contributed by atoms with Crippen LogP contribution in [-0.4, -0.2) is 36.8 Å². The zero-order valence-electron chi connectivity index (χ0n) is 12.8. The number of methoxy groups -OCH3 is 1. The molecule has 0 aromatic heterocycles. The molecule has 2 rings (SSSR count). The number of halogens is 1. The van der Waals surface area contributed by atoms with E-state index in [9.17, 15) is 9.18 Å².